The largest absolute Gasteiger partial charge is 0.345 e. The van der Waals surface area contributed by atoms with Crippen LogP contribution >= 0.6 is 0 Å². The number of aromatic nitrogens is 2. The highest BCUT2D eigenvalue weighted by atomic mass is 19.2. The van der Waals surface area contributed by atoms with Gasteiger partial charge < -0.3 is 10.3 Å². The first-order valence-electron chi connectivity index (χ1n) is 9.64. The topological polar surface area (TPSA) is 61.0 Å². The molecule has 1 atom stereocenters. The van der Waals surface area contributed by atoms with Crippen molar-refractivity contribution in [2.24, 2.45) is 5.92 Å². The summed E-state index contributed by atoms with van der Waals surface area (Å²) in [5.41, 5.74) is 3.37. The number of piperidine rings is 1. The minimum Gasteiger partial charge on any atom is -0.345 e. The number of hydrogen-bond acceptors (Lipinski definition) is 3. The SMILES string of the molecule is O=C(Nc1ccc(-c2cnc[nH]2)cc1)C1CCCN(Cc2ccc(F)c(F)c2)C1. The maximum absolute atomic E-state index is 13.4. The fraction of sp³-hybridized carbons (Fsp3) is 0.273. The number of aromatic amines is 1. The van der Waals surface area contributed by atoms with E-state index in [1.54, 1.807) is 18.6 Å². The van der Waals surface area contributed by atoms with Crippen LogP contribution in [0.4, 0.5) is 14.5 Å². The van der Waals surface area contributed by atoms with Gasteiger partial charge in [0.2, 0.25) is 5.91 Å². The molecule has 2 aromatic carbocycles. The predicted octanol–water partition coefficient (Wildman–Crippen LogP) is 4.21. The number of nitrogens with one attached hydrogen (secondary N) is 2. The quantitative estimate of drug-likeness (QED) is 0.679. The Morgan fingerprint density at radius 2 is 2.00 bits per heavy atom. The summed E-state index contributed by atoms with van der Waals surface area (Å²) in [6.07, 6.45) is 5.07. The van der Waals surface area contributed by atoms with Gasteiger partial charge in [-0.1, -0.05) is 18.2 Å². The molecule has 2 heterocycles. The van der Waals surface area contributed by atoms with Gasteiger partial charge in [-0.25, -0.2) is 13.8 Å². The van der Waals surface area contributed by atoms with Gasteiger partial charge in [-0.05, 0) is 54.8 Å². The molecule has 0 saturated carbocycles. The molecule has 0 radical (unpaired) electrons. The molecule has 4 rings (SSSR count). The summed E-state index contributed by atoms with van der Waals surface area (Å²) in [5, 5.41) is 2.98. The summed E-state index contributed by atoms with van der Waals surface area (Å²) in [6.45, 7) is 1.93. The fourth-order valence-corrected chi connectivity index (χ4v) is 3.70. The number of carbonyl (C=O) groups is 1. The molecule has 1 unspecified atom stereocenters. The first-order chi connectivity index (χ1) is 14.1. The molecule has 1 amide bonds. The Morgan fingerprint density at radius 3 is 2.72 bits per heavy atom. The van der Waals surface area contributed by atoms with Crippen molar-refractivity contribution in [3.8, 4) is 11.3 Å². The standard InChI is InChI=1S/C22H22F2N4O/c23-19-8-3-15(10-20(19)24)12-28-9-1-2-17(13-28)22(29)27-18-6-4-16(5-7-18)21-11-25-14-26-21/h3-8,10-11,14,17H,1-2,9,12-13H2,(H,25,26)(H,27,29). The molecular weight excluding hydrogens is 374 g/mol. The number of carbonyl (C=O) groups excluding carboxylic acids is 1. The van der Waals surface area contributed by atoms with E-state index in [2.05, 4.69) is 20.2 Å². The number of amides is 1. The fourth-order valence-electron chi connectivity index (χ4n) is 3.70. The zero-order valence-electron chi connectivity index (χ0n) is 15.9. The molecule has 1 aromatic heterocycles. The smallest absolute Gasteiger partial charge is 0.228 e. The second-order valence-electron chi connectivity index (χ2n) is 7.35. The zero-order chi connectivity index (χ0) is 20.2. The van der Waals surface area contributed by atoms with Crippen LogP contribution in [0.2, 0.25) is 0 Å². The van der Waals surface area contributed by atoms with Crippen molar-refractivity contribution < 1.29 is 13.6 Å². The van der Waals surface area contributed by atoms with E-state index in [-0.39, 0.29) is 11.8 Å². The third kappa shape index (κ3) is 4.68. The number of hydrogen-bond donors (Lipinski definition) is 2. The molecule has 1 aliphatic rings. The lowest BCUT2D eigenvalue weighted by molar-refractivity contribution is -0.121. The Labute approximate surface area is 167 Å². The molecular formula is C22H22F2N4O. The van der Waals surface area contributed by atoms with Crippen molar-refractivity contribution >= 4 is 11.6 Å². The molecule has 1 saturated heterocycles. The molecule has 0 aliphatic carbocycles. The Balaban J connectivity index is 1.35. The maximum atomic E-state index is 13.4. The van der Waals surface area contributed by atoms with Gasteiger partial charge in [0.15, 0.2) is 11.6 Å². The minimum atomic E-state index is -0.844. The molecule has 29 heavy (non-hydrogen) atoms. The van der Waals surface area contributed by atoms with Gasteiger partial charge in [0.1, 0.15) is 0 Å². The highest BCUT2D eigenvalue weighted by molar-refractivity contribution is 5.93. The number of H-pyrrole nitrogens is 1. The number of nitrogens with zero attached hydrogens (tertiary/aromatic N) is 2. The Bertz CT molecular complexity index is 973. The van der Waals surface area contributed by atoms with Gasteiger partial charge in [-0.3, -0.25) is 9.69 Å². The van der Waals surface area contributed by atoms with Gasteiger partial charge >= 0.3 is 0 Å². The van der Waals surface area contributed by atoms with Crippen molar-refractivity contribution in [3.05, 3.63) is 72.2 Å². The van der Waals surface area contributed by atoms with Crippen LogP contribution in [0, 0.1) is 17.6 Å². The second-order valence-corrected chi connectivity index (χ2v) is 7.35. The molecule has 2 N–H and O–H groups in total. The van der Waals surface area contributed by atoms with Gasteiger partial charge in [0.25, 0.3) is 0 Å². The number of halogens is 2. The third-order valence-electron chi connectivity index (χ3n) is 5.23. The number of anilines is 1. The van der Waals surface area contributed by atoms with Crippen LogP contribution in [-0.4, -0.2) is 33.9 Å². The molecule has 1 aliphatic heterocycles. The second kappa shape index (κ2) is 8.53. The van der Waals surface area contributed by atoms with E-state index < -0.39 is 11.6 Å². The van der Waals surface area contributed by atoms with Gasteiger partial charge in [-0.2, -0.15) is 0 Å². The lowest BCUT2D eigenvalue weighted by atomic mass is 9.96. The number of likely N-dealkylation sites (tertiary alicyclic amines) is 1. The first-order valence-corrected chi connectivity index (χ1v) is 9.64. The van der Waals surface area contributed by atoms with Crippen LogP contribution in [0.15, 0.2) is 55.0 Å². The predicted molar refractivity (Wildman–Crippen MR) is 107 cm³/mol. The summed E-state index contributed by atoms with van der Waals surface area (Å²) < 4.78 is 26.5. The number of benzene rings is 2. The average molecular weight is 396 g/mol. The third-order valence-corrected chi connectivity index (χ3v) is 5.23. The van der Waals surface area contributed by atoms with Crippen LogP contribution < -0.4 is 5.32 Å². The Kier molecular flexibility index (Phi) is 5.67. The highest BCUT2D eigenvalue weighted by Gasteiger charge is 2.26. The Hall–Kier alpha value is -3.06. The number of imidazole rings is 1. The van der Waals surface area contributed by atoms with E-state index >= 15 is 0 Å². The van der Waals surface area contributed by atoms with E-state index in [0.717, 1.165) is 42.4 Å². The van der Waals surface area contributed by atoms with E-state index in [9.17, 15) is 13.6 Å². The van der Waals surface area contributed by atoms with Gasteiger partial charge in [0, 0.05) is 18.8 Å². The van der Waals surface area contributed by atoms with E-state index in [4.69, 9.17) is 0 Å². The summed E-state index contributed by atoms with van der Waals surface area (Å²) in [4.78, 5) is 21.9. The first kappa shape index (κ1) is 19.3. The number of rotatable bonds is 5. The highest BCUT2D eigenvalue weighted by Crippen LogP contribution is 2.23. The van der Waals surface area contributed by atoms with Crippen molar-refractivity contribution in [2.45, 2.75) is 19.4 Å². The van der Waals surface area contributed by atoms with Crippen LogP contribution in [0.3, 0.4) is 0 Å². The molecule has 1 fully saturated rings. The molecule has 0 spiro atoms. The van der Waals surface area contributed by atoms with E-state index in [1.165, 1.54) is 6.07 Å². The summed E-state index contributed by atoms with van der Waals surface area (Å²) >= 11 is 0. The maximum Gasteiger partial charge on any atom is 0.228 e. The van der Waals surface area contributed by atoms with Crippen LogP contribution in [0.5, 0.6) is 0 Å². The summed E-state index contributed by atoms with van der Waals surface area (Å²) in [6, 6.07) is 11.6. The summed E-state index contributed by atoms with van der Waals surface area (Å²) in [5.74, 6) is -1.84. The normalized spacial score (nSPS) is 17.2. The minimum absolute atomic E-state index is 0.0192. The van der Waals surface area contributed by atoms with E-state index in [1.807, 2.05) is 24.3 Å². The molecule has 150 valence electrons. The lowest BCUT2D eigenvalue weighted by Gasteiger charge is -2.32. The monoisotopic (exact) mass is 396 g/mol. The molecule has 5 nitrogen and oxygen atoms in total. The summed E-state index contributed by atoms with van der Waals surface area (Å²) in [7, 11) is 0. The van der Waals surface area contributed by atoms with Crippen LogP contribution in [0.25, 0.3) is 11.3 Å². The molecule has 0 bridgehead atoms. The Morgan fingerprint density at radius 1 is 1.17 bits per heavy atom. The van der Waals surface area contributed by atoms with Gasteiger partial charge in [0.05, 0.1) is 24.1 Å². The molecule has 7 heteroatoms. The van der Waals surface area contributed by atoms with E-state index in [0.29, 0.717) is 18.7 Å². The van der Waals surface area contributed by atoms with Crippen LogP contribution in [0.1, 0.15) is 18.4 Å². The van der Waals surface area contributed by atoms with Crippen molar-refractivity contribution in [3.63, 3.8) is 0 Å². The zero-order valence-corrected chi connectivity index (χ0v) is 15.9. The molecule has 3 aromatic rings. The van der Waals surface area contributed by atoms with Crippen molar-refractivity contribution in [2.75, 3.05) is 18.4 Å². The van der Waals surface area contributed by atoms with Crippen molar-refractivity contribution in [1.29, 1.82) is 0 Å². The van der Waals surface area contributed by atoms with Gasteiger partial charge in [-0.15, -0.1) is 0 Å². The van der Waals surface area contributed by atoms with Crippen LogP contribution in [-0.2, 0) is 11.3 Å². The van der Waals surface area contributed by atoms with Crippen molar-refractivity contribution in [1.82, 2.24) is 14.9 Å². The lowest BCUT2D eigenvalue weighted by Crippen LogP contribution is -2.40. The average Bonchev–Trinajstić information content (AvgIpc) is 3.26.